The molecule has 0 fully saturated rings. The van der Waals surface area contributed by atoms with Crippen molar-refractivity contribution in [1.82, 2.24) is 4.90 Å². The standard InChI is InChI=1S/C19H26NOP/c1-5-20(6-2)13-16-9-7-8-15(4)19(16)22-18-12-14(3)10-11-17(18)21/h7-12,21-22H,5-6,13H2,1-4H3. The average molecular weight is 315 g/mol. The number of benzene rings is 2. The molecule has 2 aromatic rings. The predicted molar refractivity (Wildman–Crippen MR) is 98.2 cm³/mol. The molecule has 0 aliphatic carbocycles. The lowest BCUT2D eigenvalue weighted by Crippen LogP contribution is -2.25. The van der Waals surface area contributed by atoms with Gasteiger partial charge in [0.05, 0.1) is 0 Å². The second-order valence-corrected chi connectivity index (χ2v) is 7.00. The van der Waals surface area contributed by atoms with Crippen molar-refractivity contribution >= 4 is 19.2 Å². The Morgan fingerprint density at radius 3 is 2.45 bits per heavy atom. The van der Waals surface area contributed by atoms with Gasteiger partial charge in [-0.05, 0) is 55.5 Å². The van der Waals surface area contributed by atoms with E-state index in [1.165, 1.54) is 22.0 Å². The van der Waals surface area contributed by atoms with Crippen molar-refractivity contribution in [2.45, 2.75) is 34.2 Å². The minimum absolute atomic E-state index is 0.404. The van der Waals surface area contributed by atoms with Gasteiger partial charge >= 0.3 is 0 Å². The maximum atomic E-state index is 10.1. The Morgan fingerprint density at radius 1 is 1.05 bits per heavy atom. The van der Waals surface area contributed by atoms with Crippen molar-refractivity contribution in [3.05, 3.63) is 53.1 Å². The van der Waals surface area contributed by atoms with Crippen LogP contribution in [-0.2, 0) is 6.54 Å². The second kappa shape index (κ2) is 7.76. The first-order valence-electron chi connectivity index (χ1n) is 7.92. The lowest BCUT2D eigenvalue weighted by atomic mass is 10.1. The molecule has 0 spiro atoms. The van der Waals surface area contributed by atoms with Crippen molar-refractivity contribution in [3.8, 4) is 5.75 Å². The Bertz CT molecular complexity index is 635. The molecule has 22 heavy (non-hydrogen) atoms. The molecule has 0 bridgehead atoms. The van der Waals surface area contributed by atoms with Gasteiger partial charge < -0.3 is 5.11 Å². The van der Waals surface area contributed by atoms with Crippen LogP contribution in [0.5, 0.6) is 5.75 Å². The summed E-state index contributed by atoms with van der Waals surface area (Å²) in [6.45, 7) is 11.7. The molecule has 0 aliphatic rings. The monoisotopic (exact) mass is 315 g/mol. The summed E-state index contributed by atoms with van der Waals surface area (Å²) in [5, 5.41) is 12.6. The molecule has 2 rings (SSSR count). The van der Waals surface area contributed by atoms with E-state index in [2.05, 4.69) is 56.9 Å². The number of phenols is 1. The first kappa shape index (κ1) is 17.0. The van der Waals surface area contributed by atoms with Gasteiger partial charge in [-0.15, -0.1) is 0 Å². The van der Waals surface area contributed by atoms with Gasteiger partial charge in [-0.25, -0.2) is 0 Å². The van der Waals surface area contributed by atoms with E-state index in [0.29, 0.717) is 14.3 Å². The fraction of sp³-hybridized carbons (Fsp3) is 0.368. The molecule has 0 radical (unpaired) electrons. The lowest BCUT2D eigenvalue weighted by Gasteiger charge is -2.21. The van der Waals surface area contributed by atoms with Crippen LogP contribution < -0.4 is 10.6 Å². The minimum atomic E-state index is 0.404. The predicted octanol–water partition coefficient (Wildman–Crippen LogP) is 3.48. The molecular weight excluding hydrogens is 289 g/mol. The molecular formula is C19H26NOP. The number of rotatable bonds is 6. The van der Waals surface area contributed by atoms with Crippen LogP contribution >= 0.6 is 8.58 Å². The molecule has 0 aromatic heterocycles. The number of hydrogen-bond donors (Lipinski definition) is 1. The number of phenolic OH excluding ortho intramolecular Hbond substituents is 1. The molecule has 1 N–H and O–H groups in total. The van der Waals surface area contributed by atoms with Gasteiger partial charge in [0.25, 0.3) is 0 Å². The highest BCUT2D eigenvalue weighted by Crippen LogP contribution is 2.23. The third-order valence-corrected chi connectivity index (χ3v) is 5.69. The summed E-state index contributed by atoms with van der Waals surface area (Å²) in [4.78, 5) is 2.43. The zero-order chi connectivity index (χ0) is 16.1. The van der Waals surface area contributed by atoms with Crippen LogP contribution in [0.15, 0.2) is 36.4 Å². The molecule has 0 aliphatic heterocycles. The van der Waals surface area contributed by atoms with Crippen LogP contribution in [0.1, 0.15) is 30.5 Å². The van der Waals surface area contributed by atoms with Crippen LogP contribution in [0.2, 0.25) is 0 Å². The molecule has 0 saturated carbocycles. The molecule has 3 heteroatoms. The van der Waals surface area contributed by atoms with Crippen molar-refractivity contribution < 1.29 is 5.11 Å². The third-order valence-electron chi connectivity index (χ3n) is 4.06. The Kier molecular flexibility index (Phi) is 5.99. The van der Waals surface area contributed by atoms with E-state index in [1.807, 2.05) is 6.07 Å². The molecule has 2 aromatic carbocycles. The summed E-state index contributed by atoms with van der Waals surface area (Å²) in [7, 11) is 0.495. The largest absolute Gasteiger partial charge is 0.507 e. The Labute approximate surface area is 136 Å². The van der Waals surface area contributed by atoms with Gasteiger partial charge in [0.2, 0.25) is 0 Å². The Balaban J connectivity index is 2.35. The third kappa shape index (κ3) is 4.09. The number of nitrogens with zero attached hydrogens (tertiary/aromatic N) is 1. The van der Waals surface area contributed by atoms with Crippen molar-refractivity contribution in [2.24, 2.45) is 0 Å². The van der Waals surface area contributed by atoms with E-state index >= 15 is 0 Å². The normalized spacial score (nSPS) is 11.7. The van der Waals surface area contributed by atoms with Gasteiger partial charge in [-0.2, -0.15) is 0 Å². The highest BCUT2D eigenvalue weighted by atomic mass is 31.1. The molecule has 2 nitrogen and oxygen atoms in total. The summed E-state index contributed by atoms with van der Waals surface area (Å²) in [6.07, 6.45) is 0. The zero-order valence-electron chi connectivity index (χ0n) is 14.0. The summed E-state index contributed by atoms with van der Waals surface area (Å²) in [6, 6.07) is 12.4. The average Bonchev–Trinajstić information content (AvgIpc) is 2.51. The molecule has 0 amide bonds. The van der Waals surface area contributed by atoms with Crippen LogP contribution in [0, 0.1) is 13.8 Å². The highest BCUT2D eigenvalue weighted by Gasteiger charge is 2.11. The van der Waals surface area contributed by atoms with Gasteiger partial charge in [-0.1, -0.05) is 52.3 Å². The van der Waals surface area contributed by atoms with E-state index in [-0.39, 0.29) is 0 Å². The van der Waals surface area contributed by atoms with Crippen molar-refractivity contribution in [1.29, 1.82) is 0 Å². The van der Waals surface area contributed by atoms with E-state index in [4.69, 9.17) is 0 Å². The van der Waals surface area contributed by atoms with Crippen molar-refractivity contribution in [3.63, 3.8) is 0 Å². The molecule has 1 unspecified atom stereocenters. The van der Waals surface area contributed by atoms with Gasteiger partial charge in [-0.3, -0.25) is 4.90 Å². The summed E-state index contributed by atoms with van der Waals surface area (Å²) in [5.74, 6) is 0.404. The van der Waals surface area contributed by atoms with Crippen LogP contribution in [0.3, 0.4) is 0 Å². The van der Waals surface area contributed by atoms with E-state index in [1.54, 1.807) is 6.07 Å². The highest BCUT2D eigenvalue weighted by molar-refractivity contribution is 7.56. The zero-order valence-corrected chi connectivity index (χ0v) is 15.0. The quantitative estimate of drug-likeness (QED) is 0.825. The number of aryl methyl sites for hydroxylation is 2. The van der Waals surface area contributed by atoms with E-state index < -0.39 is 0 Å². The molecule has 0 saturated heterocycles. The topological polar surface area (TPSA) is 23.5 Å². The fourth-order valence-electron chi connectivity index (χ4n) is 2.61. The summed E-state index contributed by atoms with van der Waals surface area (Å²) >= 11 is 0. The SMILES string of the molecule is CCN(CC)Cc1cccc(C)c1Pc1cc(C)ccc1O. The second-order valence-electron chi connectivity index (χ2n) is 5.72. The number of aromatic hydroxyl groups is 1. The Hall–Kier alpha value is -1.37. The van der Waals surface area contributed by atoms with Crippen LogP contribution in [0.25, 0.3) is 0 Å². The number of hydrogen-bond acceptors (Lipinski definition) is 2. The smallest absolute Gasteiger partial charge is 0.123 e. The van der Waals surface area contributed by atoms with Gasteiger partial charge in [0.1, 0.15) is 5.75 Å². The fourth-order valence-corrected chi connectivity index (χ4v) is 4.00. The molecule has 118 valence electrons. The molecule has 1 atom stereocenters. The summed E-state index contributed by atoms with van der Waals surface area (Å²) < 4.78 is 0. The van der Waals surface area contributed by atoms with Crippen LogP contribution in [-0.4, -0.2) is 23.1 Å². The van der Waals surface area contributed by atoms with E-state index in [0.717, 1.165) is 24.9 Å². The van der Waals surface area contributed by atoms with Gasteiger partial charge in [0, 0.05) is 11.8 Å². The maximum absolute atomic E-state index is 10.1. The van der Waals surface area contributed by atoms with E-state index in [9.17, 15) is 5.11 Å². The Morgan fingerprint density at radius 2 is 1.77 bits per heavy atom. The summed E-state index contributed by atoms with van der Waals surface area (Å²) in [5.41, 5.74) is 3.88. The van der Waals surface area contributed by atoms with Crippen LogP contribution in [0.4, 0.5) is 0 Å². The maximum Gasteiger partial charge on any atom is 0.123 e. The van der Waals surface area contributed by atoms with Gasteiger partial charge in [0.15, 0.2) is 0 Å². The van der Waals surface area contributed by atoms with Crippen molar-refractivity contribution in [2.75, 3.05) is 13.1 Å². The first-order valence-corrected chi connectivity index (χ1v) is 8.92. The lowest BCUT2D eigenvalue weighted by molar-refractivity contribution is 0.296. The molecule has 0 heterocycles. The minimum Gasteiger partial charge on any atom is -0.507 e. The first-order chi connectivity index (χ1) is 10.5.